The molecule has 0 aliphatic heterocycles. The quantitative estimate of drug-likeness (QED) is 0.253. The number of aromatic nitrogens is 2. The number of esters is 2. The van der Waals surface area contributed by atoms with Crippen molar-refractivity contribution in [3.63, 3.8) is 0 Å². The number of hydrogen-bond acceptors (Lipinski definition) is 6. The topological polar surface area (TPSA) is 87.5 Å². The van der Waals surface area contributed by atoms with Crippen molar-refractivity contribution in [3.8, 4) is 0 Å². The SMILES string of the molecule is C=CCCCCOC(=O)Cc1ccc2c(C(C)=O)nn(CC(=O)OC(C)(C)C)c2c1. The van der Waals surface area contributed by atoms with Crippen LogP contribution >= 0.6 is 0 Å². The van der Waals surface area contributed by atoms with Gasteiger partial charge in [0.1, 0.15) is 17.8 Å². The van der Waals surface area contributed by atoms with Crippen LogP contribution in [-0.2, 0) is 32.0 Å². The second-order valence-corrected chi connectivity index (χ2v) is 8.18. The van der Waals surface area contributed by atoms with Gasteiger partial charge in [0, 0.05) is 12.3 Å². The largest absolute Gasteiger partial charge is 0.465 e. The molecule has 2 aromatic rings. The number of hydrogen-bond donors (Lipinski definition) is 0. The van der Waals surface area contributed by atoms with Gasteiger partial charge in [0.15, 0.2) is 5.78 Å². The summed E-state index contributed by atoms with van der Waals surface area (Å²) in [4.78, 5) is 36.4. The number of unbranched alkanes of at least 4 members (excludes halogenated alkanes) is 2. The van der Waals surface area contributed by atoms with Crippen LogP contribution in [0.2, 0.25) is 0 Å². The van der Waals surface area contributed by atoms with E-state index in [0.717, 1.165) is 24.8 Å². The summed E-state index contributed by atoms with van der Waals surface area (Å²) >= 11 is 0. The van der Waals surface area contributed by atoms with Crippen molar-refractivity contribution in [2.24, 2.45) is 0 Å². The predicted molar refractivity (Wildman–Crippen MR) is 114 cm³/mol. The molecule has 0 spiro atoms. The van der Waals surface area contributed by atoms with E-state index in [0.29, 0.717) is 17.5 Å². The molecule has 1 aromatic heterocycles. The minimum Gasteiger partial charge on any atom is -0.465 e. The zero-order valence-corrected chi connectivity index (χ0v) is 18.2. The lowest BCUT2D eigenvalue weighted by Gasteiger charge is -2.19. The fourth-order valence-electron chi connectivity index (χ4n) is 3.00. The zero-order chi connectivity index (χ0) is 22.3. The summed E-state index contributed by atoms with van der Waals surface area (Å²) in [5, 5.41) is 4.93. The van der Waals surface area contributed by atoms with E-state index in [2.05, 4.69) is 11.7 Å². The van der Waals surface area contributed by atoms with Crippen LogP contribution in [-0.4, -0.2) is 39.7 Å². The number of benzene rings is 1. The fourth-order valence-corrected chi connectivity index (χ4v) is 3.00. The monoisotopic (exact) mass is 414 g/mol. The van der Waals surface area contributed by atoms with Crippen LogP contribution in [0.1, 0.15) is 63.0 Å². The van der Waals surface area contributed by atoms with Crippen molar-refractivity contribution in [2.75, 3.05) is 6.61 Å². The average Bonchev–Trinajstić information content (AvgIpc) is 2.98. The Morgan fingerprint density at radius 1 is 1.17 bits per heavy atom. The molecule has 0 bridgehead atoms. The molecule has 0 saturated carbocycles. The third-order valence-corrected chi connectivity index (χ3v) is 4.26. The number of carbonyl (C=O) groups is 3. The molecule has 7 heteroatoms. The van der Waals surface area contributed by atoms with Crippen LogP contribution < -0.4 is 0 Å². The Bertz CT molecular complexity index is 937. The van der Waals surface area contributed by atoms with Crippen LogP contribution in [0.25, 0.3) is 10.9 Å². The third-order valence-electron chi connectivity index (χ3n) is 4.26. The van der Waals surface area contributed by atoms with Gasteiger partial charge >= 0.3 is 11.9 Å². The normalized spacial score (nSPS) is 11.3. The van der Waals surface area contributed by atoms with Gasteiger partial charge in [0.25, 0.3) is 0 Å². The van der Waals surface area contributed by atoms with Gasteiger partial charge in [0.05, 0.1) is 18.5 Å². The number of rotatable bonds is 10. The average molecular weight is 415 g/mol. The molecule has 0 amide bonds. The number of carbonyl (C=O) groups excluding carboxylic acids is 3. The van der Waals surface area contributed by atoms with Crippen LogP contribution in [0.3, 0.4) is 0 Å². The maximum atomic E-state index is 12.3. The fraction of sp³-hybridized carbons (Fsp3) is 0.478. The minimum atomic E-state index is -0.621. The van der Waals surface area contributed by atoms with E-state index in [-0.39, 0.29) is 30.4 Å². The summed E-state index contributed by atoms with van der Waals surface area (Å²) in [5.74, 6) is -0.973. The molecule has 0 unspecified atom stereocenters. The van der Waals surface area contributed by atoms with Gasteiger partial charge in [-0.1, -0.05) is 18.2 Å². The van der Waals surface area contributed by atoms with Crippen LogP contribution in [0.4, 0.5) is 0 Å². The highest BCUT2D eigenvalue weighted by molar-refractivity contribution is 6.05. The molecule has 1 aromatic carbocycles. The molecule has 0 fully saturated rings. The summed E-state index contributed by atoms with van der Waals surface area (Å²) in [7, 11) is 0. The molecule has 0 radical (unpaired) electrons. The highest BCUT2D eigenvalue weighted by Gasteiger charge is 2.20. The van der Waals surface area contributed by atoms with Crippen molar-refractivity contribution in [2.45, 2.75) is 65.5 Å². The van der Waals surface area contributed by atoms with Crippen molar-refractivity contribution in [1.82, 2.24) is 9.78 Å². The van der Waals surface area contributed by atoms with Crippen LogP contribution in [0.15, 0.2) is 30.9 Å². The van der Waals surface area contributed by atoms with Crippen molar-refractivity contribution < 1.29 is 23.9 Å². The Hall–Kier alpha value is -2.96. The van der Waals surface area contributed by atoms with Gasteiger partial charge in [-0.2, -0.15) is 5.10 Å². The molecule has 2 rings (SSSR count). The lowest BCUT2D eigenvalue weighted by Crippen LogP contribution is -2.26. The van der Waals surface area contributed by atoms with Crippen molar-refractivity contribution >= 4 is 28.6 Å². The van der Waals surface area contributed by atoms with E-state index in [9.17, 15) is 14.4 Å². The van der Waals surface area contributed by atoms with Gasteiger partial charge in [-0.25, -0.2) is 0 Å². The lowest BCUT2D eigenvalue weighted by molar-refractivity contribution is -0.155. The van der Waals surface area contributed by atoms with Gasteiger partial charge < -0.3 is 9.47 Å². The third kappa shape index (κ3) is 6.83. The molecule has 0 aliphatic carbocycles. The first-order valence-electron chi connectivity index (χ1n) is 10.1. The summed E-state index contributed by atoms with van der Waals surface area (Å²) in [6.45, 7) is 10.7. The number of allylic oxidation sites excluding steroid dienone is 1. The molecule has 30 heavy (non-hydrogen) atoms. The van der Waals surface area contributed by atoms with Crippen LogP contribution in [0, 0.1) is 0 Å². The predicted octanol–water partition coefficient (Wildman–Crippen LogP) is 4.02. The second-order valence-electron chi connectivity index (χ2n) is 8.18. The molecule has 162 valence electrons. The Kier molecular flexibility index (Phi) is 7.92. The summed E-state index contributed by atoms with van der Waals surface area (Å²) < 4.78 is 12.1. The van der Waals surface area contributed by atoms with Crippen molar-refractivity contribution in [1.29, 1.82) is 0 Å². The van der Waals surface area contributed by atoms with E-state index in [1.807, 2.05) is 6.08 Å². The Labute approximate surface area is 177 Å². The first-order chi connectivity index (χ1) is 14.1. The molecular weight excluding hydrogens is 384 g/mol. The lowest BCUT2D eigenvalue weighted by atomic mass is 10.1. The molecule has 7 nitrogen and oxygen atoms in total. The summed E-state index contributed by atoms with van der Waals surface area (Å²) in [5.41, 5.74) is 0.982. The molecule has 0 N–H and O–H groups in total. The number of fused-ring (bicyclic) bond motifs is 1. The first-order valence-corrected chi connectivity index (χ1v) is 10.1. The maximum absolute atomic E-state index is 12.3. The Morgan fingerprint density at radius 2 is 1.90 bits per heavy atom. The van der Waals surface area contributed by atoms with Gasteiger partial charge in [0.2, 0.25) is 0 Å². The molecule has 0 aliphatic rings. The first kappa shape index (κ1) is 23.3. The van der Waals surface area contributed by atoms with E-state index in [4.69, 9.17) is 9.47 Å². The summed E-state index contributed by atoms with van der Waals surface area (Å²) in [6.07, 6.45) is 4.56. The molecule has 0 saturated heterocycles. The highest BCUT2D eigenvalue weighted by atomic mass is 16.6. The van der Waals surface area contributed by atoms with Gasteiger partial charge in [-0.05, 0) is 51.7 Å². The number of ketones is 1. The van der Waals surface area contributed by atoms with E-state index < -0.39 is 11.6 Å². The second kappa shape index (κ2) is 10.2. The summed E-state index contributed by atoms with van der Waals surface area (Å²) in [6, 6.07) is 5.28. The van der Waals surface area contributed by atoms with E-state index in [1.54, 1.807) is 39.0 Å². The standard InChI is InChI=1S/C23H30N2O5/c1-6-7-8-9-12-29-20(27)14-17-10-11-18-19(13-17)25(24-22(18)16(2)26)15-21(28)30-23(3,4)5/h6,10-11,13H,1,7-9,12,14-15H2,2-5H3. The smallest absolute Gasteiger partial charge is 0.328 e. The van der Waals surface area contributed by atoms with Gasteiger partial charge in [-0.15, -0.1) is 6.58 Å². The Balaban J connectivity index is 2.18. The van der Waals surface area contributed by atoms with Gasteiger partial charge in [-0.3, -0.25) is 19.1 Å². The molecule has 1 heterocycles. The van der Waals surface area contributed by atoms with Crippen LogP contribution in [0.5, 0.6) is 0 Å². The number of ether oxygens (including phenoxy) is 2. The number of nitrogens with zero attached hydrogens (tertiary/aromatic N) is 2. The molecule has 0 atom stereocenters. The van der Waals surface area contributed by atoms with E-state index in [1.165, 1.54) is 11.6 Å². The Morgan fingerprint density at radius 3 is 2.53 bits per heavy atom. The molecular formula is C23H30N2O5. The maximum Gasteiger partial charge on any atom is 0.328 e. The highest BCUT2D eigenvalue weighted by Crippen LogP contribution is 2.22. The minimum absolute atomic E-state index is 0.102. The van der Waals surface area contributed by atoms with Crippen molar-refractivity contribution in [3.05, 3.63) is 42.1 Å². The number of Topliss-reactive ketones (excluding diaryl/α,β-unsaturated/α-hetero) is 1. The van der Waals surface area contributed by atoms with E-state index >= 15 is 0 Å². The zero-order valence-electron chi connectivity index (χ0n) is 18.2.